The molecule has 1 saturated heterocycles. The van der Waals surface area contributed by atoms with Crippen molar-refractivity contribution in [3.63, 3.8) is 0 Å². The van der Waals surface area contributed by atoms with Crippen LogP contribution in [0.15, 0.2) is 0 Å². The number of carbonyl (C=O) groups excluding carboxylic acids is 2. The quantitative estimate of drug-likeness (QED) is 0.372. The summed E-state index contributed by atoms with van der Waals surface area (Å²) in [4.78, 5) is 22.5. The lowest BCUT2D eigenvalue weighted by atomic mass is 10.2. The van der Waals surface area contributed by atoms with Gasteiger partial charge in [-0.1, -0.05) is 21.6 Å². The van der Waals surface area contributed by atoms with Crippen molar-refractivity contribution in [1.82, 2.24) is 10.1 Å². The summed E-state index contributed by atoms with van der Waals surface area (Å²) in [6, 6.07) is 0. The molecule has 1 aliphatic heterocycles. The fraction of sp³-hybridized carbons (Fsp3) is 0.833. The van der Waals surface area contributed by atoms with Gasteiger partial charge in [0.25, 0.3) is 0 Å². The predicted octanol–water partition coefficient (Wildman–Crippen LogP) is 0.627. The average molecular weight is 354 g/mol. The second-order valence-electron chi connectivity index (χ2n) is 4.72. The van der Waals surface area contributed by atoms with Gasteiger partial charge < -0.3 is 9.47 Å². The molecule has 10 heteroatoms. The normalized spacial score (nSPS) is 21.5. The van der Waals surface area contributed by atoms with Gasteiger partial charge in [0, 0.05) is 25.6 Å². The zero-order valence-corrected chi connectivity index (χ0v) is 14.3. The molecule has 2 atom stereocenters. The summed E-state index contributed by atoms with van der Waals surface area (Å²) in [6.07, 6.45) is -0.126. The molecule has 0 spiro atoms. The highest BCUT2D eigenvalue weighted by atomic mass is 33.1. The van der Waals surface area contributed by atoms with E-state index >= 15 is 0 Å². The molecule has 1 aliphatic rings. The molecule has 0 aliphatic carbocycles. The van der Waals surface area contributed by atoms with Crippen molar-refractivity contribution in [2.45, 2.75) is 25.0 Å². The van der Waals surface area contributed by atoms with Gasteiger partial charge in [0.1, 0.15) is 0 Å². The molecule has 128 valence electrons. The summed E-state index contributed by atoms with van der Waals surface area (Å²) in [5.74, 6) is 0.636. The topological polar surface area (TPSA) is 99.5 Å². The van der Waals surface area contributed by atoms with Gasteiger partial charge in [-0.3, -0.25) is 20.0 Å². The summed E-state index contributed by atoms with van der Waals surface area (Å²) in [5.41, 5.74) is 0. The molecule has 1 fully saturated rings. The third-order valence-corrected chi connectivity index (χ3v) is 5.39. The minimum atomic E-state index is -0.410. The number of hydrogen-bond donors (Lipinski definition) is 2. The minimum Gasteiger partial charge on any atom is -0.374 e. The first-order valence-corrected chi connectivity index (χ1v) is 9.29. The first-order chi connectivity index (χ1) is 10.4. The highest BCUT2D eigenvalue weighted by molar-refractivity contribution is 8.76. The van der Waals surface area contributed by atoms with Crippen LogP contribution in [-0.2, 0) is 19.1 Å². The van der Waals surface area contributed by atoms with Crippen LogP contribution < -0.4 is 0 Å². The Morgan fingerprint density at radius 1 is 0.955 bits per heavy atom. The number of hydroxylamine groups is 4. The first kappa shape index (κ1) is 19.5. The van der Waals surface area contributed by atoms with E-state index in [0.717, 1.165) is 11.5 Å². The Labute approximate surface area is 137 Å². The molecular formula is C12H22N2O6S2. The standard InChI is InChI=1S/C12H22N2O6S2/c1-13(17)11(15)3-5-19-9-7-21-22-8-10(9)20-6-4-12(16)14(2)18/h9-10,17-18H,3-8H2,1-2H3/t9-,10-/m1/s1. The van der Waals surface area contributed by atoms with Gasteiger partial charge >= 0.3 is 0 Å². The van der Waals surface area contributed by atoms with E-state index in [1.807, 2.05) is 0 Å². The van der Waals surface area contributed by atoms with E-state index in [0.29, 0.717) is 10.1 Å². The van der Waals surface area contributed by atoms with E-state index < -0.39 is 11.8 Å². The van der Waals surface area contributed by atoms with E-state index in [1.54, 1.807) is 21.6 Å². The maximum atomic E-state index is 11.3. The summed E-state index contributed by atoms with van der Waals surface area (Å²) in [5, 5.41) is 19.0. The van der Waals surface area contributed by atoms with Gasteiger partial charge in [-0.15, -0.1) is 0 Å². The summed E-state index contributed by atoms with van der Waals surface area (Å²) < 4.78 is 11.3. The lowest BCUT2D eigenvalue weighted by molar-refractivity contribution is -0.163. The van der Waals surface area contributed by atoms with Crippen molar-refractivity contribution in [2.75, 3.05) is 38.8 Å². The summed E-state index contributed by atoms with van der Waals surface area (Å²) >= 11 is 0. The molecule has 0 bridgehead atoms. The second-order valence-corrected chi connectivity index (χ2v) is 7.27. The van der Waals surface area contributed by atoms with Gasteiger partial charge in [0.2, 0.25) is 11.8 Å². The van der Waals surface area contributed by atoms with E-state index in [4.69, 9.17) is 19.9 Å². The molecule has 0 aromatic heterocycles. The molecule has 2 N–H and O–H groups in total. The molecule has 1 rings (SSSR count). The molecule has 0 radical (unpaired) electrons. The third-order valence-electron chi connectivity index (χ3n) is 2.98. The van der Waals surface area contributed by atoms with Crippen molar-refractivity contribution in [3.05, 3.63) is 0 Å². The zero-order valence-electron chi connectivity index (χ0n) is 12.6. The molecule has 0 saturated carbocycles. The van der Waals surface area contributed by atoms with Crippen LogP contribution in [0.3, 0.4) is 0 Å². The number of amides is 2. The van der Waals surface area contributed by atoms with Crippen LogP contribution in [0, 0.1) is 0 Å². The molecule has 8 nitrogen and oxygen atoms in total. The summed E-state index contributed by atoms with van der Waals surface area (Å²) in [6.45, 7) is 0.412. The van der Waals surface area contributed by atoms with Crippen LogP contribution >= 0.6 is 21.6 Å². The van der Waals surface area contributed by atoms with Gasteiger partial charge in [-0.25, -0.2) is 10.1 Å². The second kappa shape index (κ2) is 10.3. The lowest BCUT2D eigenvalue weighted by Crippen LogP contribution is -2.39. The Hall–Kier alpha value is -0.520. The largest absolute Gasteiger partial charge is 0.374 e. The van der Waals surface area contributed by atoms with Crippen LogP contribution in [0.5, 0.6) is 0 Å². The highest BCUT2D eigenvalue weighted by Gasteiger charge is 2.28. The van der Waals surface area contributed by atoms with Crippen LogP contribution in [-0.4, -0.2) is 83.4 Å². The Morgan fingerprint density at radius 3 is 1.64 bits per heavy atom. The predicted molar refractivity (Wildman–Crippen MR) is 82.7 cm³/mol. The molecule has 0 aromatic rings. The fourth-order valence-electron chi connectivity index (χ4n) is 1.67. The fourth-order valence-corrected chi connectivity index (χ4v) is 4.14. The van der Waals surface area contributed by atoms with Crippen molar-refractivity contribution in [2.24, 2.45) is 0 Å². The number of ether oxygens (including phenoxy) is 2. The summed E-state index contributed by atoms with van der Waals surface area (Å²) in [7, 11) is 5.89. The maximum Gasteiger partial charge on any atom is 0.247 e. The Kier molecular flexibility index (Phi) is 9.13. The van der Waals surface area contributed by atoms with Crippen LogP contribution in [0.1, 0.15) is 12.8 Å². The monoisotopic (exact) mass is 354 g/mol. The Balaban J connectivity index is 2.30. The molecule has 0 unspecified atom stereocenters. The van der Waals surface area contributed by atoms with Crippen LogP contribution in [0.4, 0.5) is 0 Å². The highest BCUT2D eigenvalue weighted by Crippen LogP contribution is 2.32. The Bertz CT molecular complexity index is 336. The molecule has 0 aromatic carbocycles. The SMILES string of the molecule is CN(O)C(=O)CCO[C@@H]1CSSC[C@H]1OCCC(=O)N(C)O. The molecule has 2 amide bonds. The maximum absolute atomic E-state index is 11.3. The van der Waals surface area contributed by atoms with E-state index in [9.17, 15) is 9.59 Å². The van der Waals surface area contributed by atoms with Crippen LogP contribution in [0.25, 0.3) is 0 Å². The first-order valence-electron chi connectivity index (χ1n) is 6.80. The third kappa shape index (κ3) is 7.16. The number of rotatable bonds is 8. The van der Waals surface area contributed by atoms with Crippen molar-refractivity contribution < 1.29 is 29.5 Å². The van der Waals surface area contributed by atoms with Crippen molar-refractivity contribution in [3.8, 4) is 0 Å². The number of nitrogens with zero attached hydrogens (tertiary/aromatic N) is 2. The average Bonchev–Trinajstić information content (AvgIpc) is 2.48. The Morgan fingerprint density at radius 2 is 1.32 bits per heavy atom. The minimum absolute atomic E-state index is 0.0990. The van der Waals surface area contributed by atoms with Crippen molar-refractivity contribution in [1.29, 1.82) is 0 Å². The smallest absolute Gasteiger partial charge is 0.247 e. The zero-order chi connectivity index (χ0) is 16.5. The van der Waals surface area contributed by atoms with Crippen LogP contribution in [0.2, 0.25) is 0 Å². The molecule has 1 heterocycles. The molecular weight excluding hydrogens is 332 g/mol. The van der Waals surface area contributed by atoms with E-state index in [2.05, 4.69) is 0 Å². The molecule has 22 heavy (non-hydrogen) atoms. The number of hydrogen-bond acceptors (Lipinski definition) is 8. The van der Waals surface area contributed by atoms with Gasteiger partial charge in [0.05, 0.1) is 38.3 Å². The van der Waals surface area contributed by atoms with E-state index in [1.165, 1.54) is 14.1 Å². The number of carbonyl (C=O) groups is 2. The van der Waals surface area contributed by atoms with Gasteiger partial charge in [-0.2, -0.15) is 0 Å². The van der Waals surface area contributed by atoms with Gasteiger partial charge in [0.15, 0.2) is 0 Å². The van der Waals surface area contributed by atoms with Gasteiger partial charge in [-0.05, 0) is 0 Å². The van der Waals surface area contributed by atoms with Crippen molar-refractivity contribution >= 4 is 33.4 Å². The van der Waals surface area contributed by atoms with E-state index in [-0.39, 0.29) is 38.3 Å². The lowest BCUT2D eigenvalue weighted by Gasteiger charge is -2.30.